The van der Waals surface area contributed by atoms with Gasteiger partial charge >= 0.3 is 5.97 Å². The molecule has 0 saturated carbocycles. The molecule has 0 spiro atoms. The number of unbranched alkanes of at least 4 members (excludes halogenated alkanes) is 1. The summed E-state index contributed by atoms with van der Waals surface area (Å²) in [6.45, 7) is 3.88. The third kappa shape index (κ3) is 5.45. The molecule has 2 aromatic carbocycles. The van der Waals surface area contributed by atoms with Crippen LogP contribution in [-0.4, -0.2) is 19.0 Å². The Bertz CT molecular complexity index is 735. The van der Waals surface area contributed by atoms with Gasteiger partial charge in [-0.3, -0.25) is 4.79 Å². The fourth-order valence-corrected chi connectivity index (χ4v) is 2.68. The molecule has 1 amide bonds. The van der Waals surface area contributed by atoms with Gasteiger partial charge in [0.05, 0.1) is 12.7 Å². The SMILES string of the molecule is COC(=O)c1cccc(NC(=O)CCCCc2ccc(C)cc2)c1C. The van der Waals surface area contributed by atoms with Gasteiger partial charge in [0.15, 0.2) is 0 Å². The third-order valence-corrected chi connectivity index (χ3v) is 4.25. The summed E-state index contributed by atoms with van der Waals surface area (Å²) >= 11 is 0. The lowest BCUT2D eigenvalue weighted by Crippen LogP contribution is -2.14. The van der Waals surface area contributed by atoms with Crippen LogP contribution in [0.4, 0.5) is 5.69 Å². The van der Waals surface area contributed by atoms with Crippen LogP contribution in [0.3, 0.4) is 0 Å². The van der Waals surface area contributed by atoms with Gasteiger partial charge < -0.3 is 10.1 Å². The van der Waals surface area contributed by atoms with E-state index in [2.05, 4.69) is 36.5 Å². The van der Waals surface area contributed by atoms with Crippen molar-refractivity contribution in [3.05, 3.63) is 64.7 Å². The summed E-state index contributed by atoms with van der Waals surface area (Å²) in [6.07, 6.45) is 3.24. The summed E-state index contributed by atoms with van der Waals surface area (Å²) in [7, 11) is 1.35. The van der Waals surface area contributed by atoms with Gasteiger partial charge in [-0.25, -0.2) is 4.79 Å². The molecule has 0 aliphatic heterocycles. The van der Waals surface area contributed by atoms with Crippen LogP contribution in [0.25, 0.3) is 0 Å². The molecule has 0 unspecified atom stereocenters. The Morgan fingerprint density at radius 3 is 2.40 bits per heavy atom. The zero-order chi connectivity index (χ0) is 18.2. The Morgan fingerprint density at radius 1 is 1.00 bits per heavy atom. The van der Waals surface area contributed by atoms with E-state index in [4.69, 9.17) is 4.74 Å². The maximum Gasteiger partial charge on any atom is 0.338 e. The lowest BCUT2D eigenvalue weighted by atomic mass is 10.0. The number of hydrogen-bond donors (Lipinski definition) is 1. The number of hydrogen-bond acceptors (Lipinski definition) is 3. The molecule has 4 heteroatoms. The molecular weight excluding hydrogens is 314 g/mol. The largest absolute Gasteiger partial charge is 0.465 e. The van der Waals surface area contributed by atoms with Gasteiger partial charge in [-0.2, -0.15) is 0 Å². The first-order chi connectivity index (χ1) is 12.0. The zero-order valence-corrected chi connectivity index (χ0v) is 15.1. The average Bonchev–Trinajstić information content (AvgIpc) is 2.61. The van der Waals surface area contributed by atoms with Crippen LogP contribution in [0.15, 0.2) is 42.5 Å². The van der Waals surface area contributed by atoms with E-state index in [1.807, 2.05) is 0 Å². The topological polar surface area (TPSA) is 55.4 Å². The van der Waals surface area contributed by atoms with E-state index in [1.165, 1.54) is 18.2 Å². The molecule has 0 aliphatic carbocycles. The summed E-state index contributed by atoms with van der Waals surface area (Å²) in [4.78, 5) is 23.8. The van der Waals surface area contributed by atoms with Crippen LogP contribution in [-0.2, 0) is 16.0 Å². The number of aryl methyl sites for hydroxylation is 2. The second kappa shape index (κ2) is 9.02. The molecule has 2 rings (SSSR count). The fraction of sp³-hybridized carbons (Fsp3) is 0.333. The number of benzene rings is 2. The molecule has 25 heavy (non-hydrogen) atoms. The quantitative estimate of drug-likeness (QED) is 0.599. The highest BCUT2D eigenvalue weighted by Gasteiger charge is 2.13. The number of amides is 1. The van der Waals surface area contributed by atoms with E-state index in [-0.39, 0.29) is 5.91 Å². The first kappa shape index (κ1) is 18.7. The lowest BCUT2D eigenvalue weighted by molar-refractivity contribution is -0.116. The fourth-order valence-electron chi connectivity index (χ4n) is 2.68. The number of carbonyl (C=O) groups is 2. The molecule has 0 fully saturated rings. The van der Waals surface area contributed by atoms with Crippen molar-refractivity contribution in [2.24, 2.45) is 0 Å². The van der Waals surface area contributed by atoms with E-state index < -0.39 is 5.97 Å². The van der Waals surface area contributed by atoms with Crippen molar-refractivity contribution in [1.29, 1.82) is 0 Å². The number of ether oxygens (including phenoxy) is 1. The molecule has 0 saturated heterocycles. The van der Waals surface area contributed by atoms with Gasteiger partial charge in [0.25, 0.3) is 0 Å². The van der Waals surface area contributed by atoms with Gasteiger partial charge in [0, 0.05) is 12.1 Å². The van der Waals surface area contributed by atoms with Crippen molar-refractivity contribution >= 4 is 17.6 Å². The van der Waals surface area contributed by atoms with E-state index in [1.54, 1.807) is 25.1 Å². The van der Waals surface area contributed by atoms with Gasteiger partial charge in [-0.1, -0.05) is 35.9 Å². The molecule has 4 nitrogen and oxygen atoms in total. The first-order valence-corrected chi connectivity index (χ1v) is 8.54. The molecule has 2 aromatic rings. The molecule has 0 bridgehead atoms. The van der Waals surface area contributed by atoms with Crippen molar-refractivity contribution in [3.8, 4) is 0 Å². The van der Waals surface area contributed by atoms with E-state index >= 15 is 0 Å². The number of anilines is 1. The van der Waals surface area contributed by atoms with Gasteiger partial charge in [0.2, 0.25) is 5.91 Å². The van der Waals surface area contributed by atoms with Crippen LogP contribution >= 0.6 is 0 Å². The molecular formula is C21H25NO3. The summed E-state index contributed by atoms with van der Waals surface area (Å²) in [5.74, 6) is -0.430. The Hall–Kier alpha value is -2.62. The molecule has 132 valence electrons. The van der Waals surface area contributed by atoms with Gasteiger partial charge in [-0.05, 0) is 56.4 Å². The van der Waals surface area contributed by atoms with E-state index in [0.717, 1.165) is 24.8 Å². The molecule has 1 N–H and O–H groups in total. The highest BCUT2D eigenvalue weighted by Crippen LogP contribution is 2.20. The summed E-state index contributed by atoms with van der Waals surface area (Å²) in [5.41, 5.74) is 4.41. The molecule has 0 heterocycles. The van der Waals surface area contributed by atoms with Gasteiger partial charge in [-0.15, -0.1) is 0 Å². The van der Waals surface area contributed by atoms with Crippen LogP contribution in [0, 0.1) is 13.8 Å². The Morgan fingerprint density at radius 2 is 1.72 bits per heavy atom. The highest BCUT2D eigenvalue weighted by molar-refractivity contribution is 5.96. The predicted octanol–water partition coefficient (Wildman–Crippen LogP) is 4.44. The van der Waals surface area contributed by atoms with E-state index in [9.17, 15) is 9.59 Å². The normalized spacial score (nSPS) is 10.4. The Labute approximate surface area is 149 Å². The van der Waals surface area contributed by atoms with Crippen LogP contribution in [0.5, 0.6) is 0 Å². The predicted molar refractivity (Wildman–Crippen MR) is 99.9 cm³/mol. The zero-order valence-electron chi connectivity index (χ0n) is 15.1. The minimum absolute atomic E-state index is 0.0333. The van der Waals surface area contributed by atoms with Crippen molar-refractivity contribution in [2.45, 2.75) is 39.5 Å². The monoisotopic (exact) mass is 339 g/mol. The van der Waals surface area contributed by atoms with Crippen LogP contribution in [0.2, 0.25) is 0 Å². The summed E-state index contributed by atoms with van der Waals surface area (Å²) < 4.78 is 4.75. The standard InChI is InChI=1S/C21H25NO3/c1-15-11-13-17(14-12-15)7-4-5-10-20(23)22-19-9-6-8-18(16(19)2)21(24)25-3/h6,8-9,11-14H,4-5,7,10H2,1-3H3,(H,22,23). The second-order valence-electron chi connectivity index (χ2n) is 6.21. The lowest BCUT2D eigenvalue weighted by Gasteiger charge is -2.11. The number of esters is 1. The van der Waals surface area contributed by atoms with E-state index in [0.29, 0.717) is 17.7 Å². The number of rotatable bonds is 7. The minimum atomic E-state index is -0.397. The maximum atomic E-state index is 12.1. The van der Waals surface area contributed by atoms with Crippen LogP contribution in [0.1, 0.15) is 46.3 Å². The van der Waals surface area contributed by atoms with Crippen molar-refractivity contribution in [1.82, 2.24) is 0 Å². The number of nitrogens with one attached hydrogen (secondary N) is 1. The third-order valence-electron chi connectivity index (χ3n) is 4.25. The molecule has 0 atom stereocenters. The summed E-state index contributed by atoms with van der Waals surface area (Å²) in [5, 5.41) is 2.89. The first-order valence-electron chi connectivity index (χ1n) is 8.54. The Kier molecular flexibility index (Phi) is 6.75. The van der Waals surface area contributed by atoms with Gasteiger partial charge in [0.1, 0.15) is 0 Å². The highest BCUT2D eigenvalue weighted by atomic mass is 16.5. The second-order valence-corrected chi connectivity index (χ2v) is 6.21. The smallest absolute Gasteiger partial charge is 0.338 e. The summed E-state index contributed by atoms with van der Waals surface area (Å²) in [6, 6.07) is 13.7. The minimum Gasteiger partial charge on any atom is -0.465 e. The average molecular weight is 339 g/mol. The maximum absolute atomic E-state index is 12.1. The number of carbonyl (C=O) groups excluding carboxylic acids is 2. The Balaban J connectivity index is 1.82. The number of methoxy groups -OCH3 is 1. The molecule has 0 aliphatic rings. The van der Waals surface area contributed by atoms with Crippen molar-refractivity contribution in [2.75, 3.05) is 12.4 Å². The van der Waals surface area contributed by atoms with Crippen molar-refractivity contribution < 1.29 is 14.3 Å². The molecule has 0 radical (unpaired) electrons. The molecule has 0 aromatic heterocycles. The van der Waals surface area contributed by atoms with Crippen LogP contribution < -0.4 is 5.32 Å². The van der Waals surface area contributed by atoms with Crippen molar-refractivity contribution in [3.63, 3.8) is 0 Å².